The highest BCUT2D eigenvalue weighted by Crippen LogP contribution is 2.15. The number of nitrogens with zero attached hydrogens (tertiary/aromatic N) is 2. The first-order valence-electron chi connectivity index (χ1n) is 4.22. The van der Waals surface area contributed by atoms with Crippen molar-refractivity contribution in [2.45, 2.75) is 18.9 Å². The summed E-state index contributed by atoms with van der Waals surface area (Å²) < 4.78 is 0. The summed E-state index contributed by atoms with van der Waals surface area (Å²) in [6.07, 6.45) is 2.07. The van der Waals surface area contributed by atoms with Crippen LogP contribution in [0.15, 0.2) is 0 Å². The monoisotopic (exact) mass is 190 g/mol. The van der Waals surface area contributed by atoms with E-state index in [-0.39, 0.29) is 5.37 Å². The molecule has 1 aliphatic rings. The fraction of sp³-hybridized carbons (Fsp3) is 0.875. The molecule has 1 aliphatic heterocycles. The molecule has 1 saturated heterocycles. The molecule has 0 bridgehead atoms. The number of hydrogen-bond acceptors (Lipinski definition) is 2. The minimum absolute atomic E-state index is 0.339. The van der Waals surface area contributed by atoms with E-state index in [2.05, 4.69) is 11.9 Å². The number of likely N-dealkylation sites (tertiary alicyclic amines) is 1. The van der Waals surface area contributed by atoms with Crippen molar-refractivity contribution >= 4 is 17.0 Å². The lowest BCUT2D eigenvalue weighted by molar-refractivity contribution is 0.162. The quantitative estimate of drug-likeness (QED) is 0.461. The fourth-order valence-electron chi connectivity index (χ4n) is 1.53. The zero-order valence-electron chi connectivity index (χ0n) is 7.59. The van der Waals surface area contributed by atoms with Gasteiger partial charge < -0.3 is 9.80 Å². The van der Waals surface area contributed by atoms with Gasteiger partial charge >= 0.3 is 5.37 Å². The lowest BCUT2D eigenvalue weighted by atomic mass is 10.1. The maximum Gasteiger partial charge on any atom is 0.316 e. The summed E-state index contributed by atoms with van der Waals surface area (Å²) in [5, 5.41) is -0.343. The maximum absolute atomic E-state index is 10.8. The van der Waals surface area contributed by atoms with Crippen LogP contribution < -0.4 is 0 Å². The summed E-state index contributed by atoms with van der Waals surface area (Å²) >= 11 is 5.37. The van der Waals surface area contributed by atoms with Crippen molar-refractivity contribution in [1.82, 2.24) is 9.80 Å². The Morgan fingerprint density at radius 2 is 2.00 bits per heavy atom. The molecule has 0 radical (unpaired) electrons. The van der Waals surface area contributed by atoms with Crippen molar-refractivity contribution in [3.63, 3.8) is 0 Å². The van der Waals surface area contributed by atoms with Gasteiger partial charge in [0.2, 0.25) is 0 Å². The van der Waals surface area contributed by atoms with E-state index >= 15 is 0 Å². The summed E-state index contributed by atoms with van der Waals surface area (Å²) in [6.45, 7) is 2.11. The Labute approximate surface area is 78.3 Å². The Hall–Kier alpha value is -0.280. The van der Waals surface area contributed by atoms with Crippen molar-refractivity contribution in [2.24, 2.45) is 0 Å². The van der Waals surface area contributed by atoms with Crippen molar-refractivity contribution in [3.8, 4) is 0 Å². The van der Waals surface area contributed by atoms with Crippen molar-refractivity contribution in [1.29, 1.82) is 0 Å². The van der Waals surface area contributed by atoms with Crippen LogP contribution in [0.3, 0.4) is 0 Å². The van der Waals surface area contributed by atoms with Crippen molar-refractivity contribution < 1.29 is 4.79 Å². The third-order valence-corrected chi connectivity index (χ3v) is 2.78. The second kappa shape index (κ2) is 4.10. The van der Waals surface area contributed by atoms with Gasteiger partial charge in [-0.1, -0.05) is 0 Å². The van der Waals surface area contributed by atoms with Gasteiger partial charge in [0.05, 0.1) is 0 Å². The van der Waals surface area contributed by atoms with E-state index in [1.807, 2.05) is 0 Å². The lowest BCUT2D eigenvalue weighted by Gasteiger charge is -2.33. The highest BCUT2D eigenvalue weighted by molar-refractivity contribution is 6.62. The third kappa shape index (κ3) is 2.35. The number of halogens is 1. The van der Waals surface area contributed by atoms with Gasteiger partial charge in [-0.2, -0.15) is 0 Å². The molecule has 1 rings (SSSR count). The smallest absolute Gasteiger partial charge is 0.316 e. The highest BCUT2D eigenvalue weighted by Gasteiger charge is 2.22. The van der Waals surface area contributed by atoms with Crippen LogP contribution in [-0.4, -0.2) is 48.4 Å². The van der Waals surface area contributed by atoms with Gasteiger partial charge in [0.1, 0.15) is 0 Å². The summed E-state index contributed by atoms with van der Waals surface area (Å²) in [5.41, 5.74) is 0. The van der Waals surface area contributed by atoms with Crippen LogP contribution in [0.4, 0.5) is 4.79 Å². The Kier molecular flexibility index (Phi) is 3.35. The Balaban J connectivity index is 2.39. The Morgan fingerprint density at radius 1 is 1.50 bits per heavy atom. The minimum atomic E-state index is -0.343. The molecule has 0 N–H and O–H groups in total. The molecule has 0 atom stereocenters. The van der Waals surface area contributed by atoms with Crippen LogP contribution in [0, 0.1) is 0 Å². The molecule has 1 amide bonds. The van der Waals surface area contributed by atoms with Gasteiger partial charge in [-0.05, 0) is 44.6 Å². The molecule has 3 nitrogen and oxygen atoms in total. The molecule has 12 heavy (non-hydrogen) atoms. The molecule has 1 heterocycles. The molecule has 0 spiro atoms. The minimum Gasteiger partial charge on any atom is -0.329 e. The zero-order chi connectivity index (χ0) is 9.14. The van der Waals surface area contributed by atoms with Crippen LogP contribution in [0.2, 0.25) is 0 Å². The number of amides is 1. The zero-order valence-corrected chi connectivity index (χ0v) is 8.34. The first-order valence-corrected chi connectivity index (χ1v) is 4.60. The standard InChI is InChI=1S/C8H15ClN2O/c1-10-5-3-7(4-6-10)11(2)8(9)12/h7H,3-6H2,1-2H3. The number of carbonyl (C=O) groups is 1. The van der Waals surface area contributed by atoms with Gasteiger partial charge in [-0.3, -0.25) is 4.79 Å². The van der Waals surface area contributed by atoms with Crippen LogP contribution in [0.1, 0.15) is 12.8 Å². The predicted octanol–water partition coefficient (Wildman–Crippen LogP) is 1.37. The van der Waals surface area contributed by atoms with Gasteiger partial charge in [-0.15, -0.1) is 0 Å². The maximum atomic E-state index is 10.8. The number of piperidine rings is 1. The Bertz CT molecular complexity index is 166. The summed E-state index contributed by atoms with van der Waals surface area (Å²) in [7, 11) is 3.87. The predicted molar refractivity (Wildman–Crippen MR) is 49.5 cm³/mol. The number of rotatable bonds is 1. The first kappa shape index (κ1) is 9.81. The normalized spacial score (nSPS) is 20.9. The van der Waals surface area contributed by atoms with Crippen molar-refractivity contribution in [2.75, 3.05) is 27.2 Å². The van der Waals surface area contributed by atoms with Gasteiger partial charge in [0.15, 0.2) is 0 Å². The topological polar surface area (TPSA) is 23.6 Å². The van der Waals surface area contributed by atoms with Gasteiger partial charge in [-0.25, -0.2) is 0 Å². The molecule has 1 fully saturated rings. The van der Waals surface area contributed by atoms with E-state index in [1.165, 1.54) is 0 Å². The molecule has 0 aromatic carbocycles. The molecule has 0 aromatic rings. The largest absolute Gasteiger partial charge is 0.329 e. The van der Waals surface area contributed by atoms with Crippen LogP contribution >= 0.6 is 11.6 Å². The van der Waals surface area contributed by atoms with E-state index in [0.717, 1.165) is 25.9 Å². The van der Waals surface area contributed by atoms with Gasteiger partial charge in [0.25, 0.3) is 0 Å². The summed E-state index contributed by atoms with van der Waals surface area (Å²) in [4.78, 5) is 14.7. The van der Waals surface area contributed by atoms with Gasteiger partial charge in [0, 0.05) is 13.1 Å². The summed E-state index contributed by atoms with van der Waals surface area (Å²) in [6, 6.07) is 0.339. The molecule has 0 unspecified atom stereocenters. The molecule has 0 aromatic heterocycles. The molecule has 70 valence electrons. The van der Waals surface area contributed by atoms with E-state index < -0.39 is 0 Å². The summed E-state index contributed by atoms with van der Waals surface area (Å²) in [5.74, 6) is 0. The van der Waals surface area contributed by atoms with E-state index in [4.69, 9.17) is 11.6 Å². The Morgan fingerprint density at radius 3 is 2.42 bits per heavy atom. The second-order valence-electron chi connectivity index (χ2n) is 3.40. The molecule has 0 saturated carbocycles. The lowest BCUT2D eigenvalue weighted by Crippen LogP contribution is -2.42. The van der Waals surface area contributed by atoms with Crippen LogP contribution in [0.5, 0.6) is 0 Å². The number of hydrogen-bond donors (Lipinski definition) is 0. The van der Waals surface area contributed by atoms with E-state index in [1.54, 1.807) is 11.9 Å². The second-order valence-corrected chi connectivity index (χ2v) is 3.72. The molecule has 0 aliphatic carbocycles. The fourth-order valence-corrected chi connectivity index (χ4v) is 1.66. The third-order valence-electron chi connectivity index (χ3n) is 2.51. The van der Waals surface area contributed by atoms with E-state index in [9.17, 15) is 4.79 Å². The van der Waals surface area contributed by atoms with Crippen LogP contribution in [-0.2, 0) is 0 Å². The highest BCUT2D eigenvalue weighted by atomic mass is 35.5. The van der Waals surface area contributed by atoms with Crippen LogP contribution in [0.25, 0.3) is 0 Å². The van der Waals surface area contributed by atoms with Crippen molar-refractivity contribution in [3.05, 3.63) is 0 Å². The average Bonchev–Trinajstić information content (AvgIpc) is 2.04. The SMILES string of the molecule is CN1CCC(N(C)C(=O)Cl)CC1. The molecular weight excluding hydrogens is 176 g/mol. The number of carbonyl (C=O) groups excluding carboxylic acids is 1. The first-order chi connectivity index (χ1) is 5.61. The van der Waals surface area contributed by atoms with E-state index in [0.29, 0.717) is 6.04 Å². The molecular formula is C8H15ClN2O. The molecule has 4 heteroatoms. The average molecular weight is 191 g/mol.